The van der Waals surface area contributed by atoms with Gasteiger partial charge in [-0.25, -0.2) is 0 Å². The fourth-order valence-corrected chi connectivity index (χ4v) is 2.40. The van der Waals surface area contributed by atoms with Gasteiger partial charge < -0.3 is 10.3 Å². The van der Waals surface area contributed by atoms with Crippen molar-refractivity contribution in [3.63, 3.8) is 0 Å². The Morgan fingerprint density at radius 2 is 1.83 bits per heavy atom. The molecule has 2 aromatic carbocycles. The summed E-state index contributed by atoms with van der Waals surface area (Å²) in [6, 6.07) is 12.7. The lowest BCUT2D eigenvalue weighted by Gasteiger charge is -2.04. The maximum absolute atomic E-state index is 12.3. The number of nitrogens with one attached hydrogen (secondary N) is 2. The van der Waals surface area contributed by atoms with Crippen LogP contribution in [0.2, 0.25) is 0 Å². The van der Waals surface area contributed by atoms with E-state index in [1.807, 2.05) is 0 Å². The summed E-state index contributed by atoms with van der Waals surface area (Å²) in [6.07, 6.45) is 0. The number of nitrogens with zero attached hydrogens (tertiary/aromatic N) is 1. The molecule has 24 heavy (non-hydrogen) atoms. The Morgan fingerprint density at radius 3 is 2.46 bits per heavy atom. The molecule has 0 unspecified atom stereocenters. The highest BCUT2D eigenvalue weighted by Gasteiger charge is 2.17. The van der Waals surface area contributed by atoms with Gasteiger partial charge in [0.2, 0.25) is 0 Å². The van der Waals surface area contributed by atoms with Crippen LogP contribution in [0.25, 0.3) is 10.9 Å². The monoisotopic (exact) mass is 323 g/mol. The lowest BCUT2D eigenvalue weighted by atomic mass is 10.1. The normalized spacial score (nSPS) is 10.5. The largest absolute Gasteiger partial charge is 0.345 e. The SMILES string of the molecule is CC(=O)c1ccc(NC(=O)c2cc3cccc([N+](=O)[O-])c3[nH]2)cc1. The van der Waals surface area contributed by atoms with E-state index in [4.69, 9.17) is 0 Å². The number of ketones is 1. The van der Waals surface area contributed by atoms with Crippen molar-refractivity contribution in [2.24, 2.45) is 0 Å². The van der Waals surface area contributed by atoms with Gasteiger partial charge in [-0.15, -0.1) is 0 Å². The molecule has 1 heterocycles. The van der Waals surface area contributed by atoms with Crippen LogP contribution in [0.5, 0.6) is 0 Å². The van der Waals surface area contributed by atoms with Gasteiger partial charge >= 0.3 is 0 Å². The first-order valence-corrected chi connectivity index (χ1v) is 7.14. The molecule has 3 aromatic rings. The van der Waals surface area contributed by atoms with Crippen molar-refractivity contribution in [1.29, 1.82) is 0 Å². The molecule has 0 bridgehead atoms. The zero-order valence-electron chi connectivity index (χ0n) is 12.7. The number of carbonyl (C=O) groups excluding carboxylic acids is 2. The standard InChI is InChI=1S/C17H13N3O4/c1-10(21)11-5-7-13(8-6-11)18-17(22)14-9-12-3-2-4-15(20(23)24)16(12)19-14/h2-9,19H,1H3,(H,18,22). The van der Waals surface area contributed by atoms with E-state index in [0.29, 0.717) is 22.2 Å². The number of benzene rings is 2. The number of H-pyrrole nitrogens is 1. The molecule has 2 N–H and O–H groups in total. The second-order valence-corrected chi connectivity index (χ2v) is 5.27. The molecule has 7 heteroatoms. The van der Waals surface area contributed by atoms with Gasteiger partial charge in [0.25, 0.3) is 11.6 Å². The maximum Gasteiger partial charge on any atom is 0.293 e. The minimum absolute atomic E-state index is 0.0594. The zero-order chi connectivity index (χ0) is 17.3. The lowest BCUT2D eigenvalue weighted by molar-refractivity contribution is -0.383. The van der Waals surface area contributed by atoms with Gasteiger partial charge in [0, 0.05) is 22.7 Å². The van der Waals surface area contributed by atoms with Gasteiger partial charge in [-0.1, -0.05) is 12.1 Å². The second kappa shape index (κ2) is 5.96. The predicted octanol–water partition coefficient (Wildman–Crippen LogP) is 3.53. The third-order valence-corrected chi connectivity index (χ3v) is 3.62. The summed E-state index contributed by atoms with van der Waals surface area (Å²) >= 11 is 0. The molecular formula is C17H13N3O4. The number of nitro groups is 1. The number of Topliss-reactive ketones (excluding diaryl/α,β-unsaturated/α-hetero) is 1. The first-order valence-electron chi connectivity index (χ1n) is 7.14. The van der Waals surface area contributed by atoms with Crippen LogP contribution in [0.15, 0.2) is 48.5 Å². The topological polar surface area (TPSA) is 105 Å². The number of amides is 1. The molecule has 0 spiro atoms. The Balaban J connectivity index is 1.87. The fraction of sp³-hybridized carbons (Fsp3) is 0.0588. The van der Waals surface area contributed by atoms with E-state index < -0.39 is 10.8 Å². The molecule has 0 radical (unpaired) electrons. The molecule has 7 nitrogen and oxygen atoms in total. The van der Waals surface area contributed by atoms with E-state index in [1.165, 1.54) is 13.0 Å². The van der Waals surface area contributed by atoms with Crippen molar-refractivity contribution in [1.82, 2.24) is 4.98 Å². The molecule has 0 aliphatic rings. The minimum atomic E-state index is -0.499. The summed E-state index contributed by atoms with van der Waals surface area (Å²) in [5.74, 6) is -0.480. The van der Waals surface area contributed by atoms with Crippen LogP contribution in [0.1, 0.15) is 27.8 Å². The number of para-hydroxylation sites is 1. The van der Waals surface area contributed by atoms with Crippen molar-refractivity contribution in [3.05, 3.63) is 69.9 Å². The van der Waals surface area contributed by atoms with Crippen molar-refractivity contribution < 1.29 is 14.5 Å². The van der Waals surface area contributed by atoms with Crippen LogP contribution in [0, 0.1) is 10.1 Å². The van der Waals surface area contributed by atoms with Crippen molar-refractivity contribution in [2.45, 2.75) is 6.92 Å². The first kappa shape index (κ1) is 15.4. The van der Waals surface area contributed by atoms with Crippen LogP contribution in [-0.4, -0.2) is 21.6 Å². The zero-order valence-corrected chi connectivity index (χ0v) is 12.7. The Kier molecular flexibility index (Phi) is 3.83. The summed E-state index contributed by atoms with van der Waals surface area (Å²) in [5, 5.41) is 14.3. The number of nitro benzene ring substituents is 1. The van der Waals surface area contributed by atoms with Gasteiger partial charge in [0.05, 0.1) is 4.92 Å². The van der Waals surface area contributed by atoms with E-state index in [1.54, 1.807) is 42.5 Å². The molecule has 0 atom stereocenters. The smallest absolute Gasteiger partial charge is 0.293 e. The van der Waals surface area contributed by atoms with Crippen LogP contribution in [0.3, 0.4) is 0 Å². The molecule has 120 valence electrons. The van der Waals surface area contributed by atoms with Gasteiger partial charge in [0.15, 0.2) is 5.78 Å². The van der Waals surface area contributed by atoms with Gasteiger partial charge in [-0.05, 0) is 37.3 Å². The predicted molar refractivity (Wildman–Crippen MR) is 89.4 cm³/mol. The average molecular weight is 323 g/mol. The average Bonchev–Trinajstić information content (AvgIpc) is 2.99. The molecule has 1 amide bonds. The van der Waals surface area contributed by atoms with Gasteiger partial charge in [-0.3, -0.25) is 19.7 Å². The number of non-ortho nitro benzene ring substituents is 1. The highest BCUT2D eigenvalue weighted by Crippen LogP contribution is 2.25. The van der Waals surface area contributed by atoms with E-state index in [2.05, 4.69) is 10.3 Å². The Morgan fingerprint density at radius 1 is 1.12 bits per heavy atom. The summed E-state index contributed by atoms with van der Waals surface area (Å²) in [5.41, 5.74) is 1.51. The number of aromatic amines is 1. The van der Waals surface area contributed by atoms with E-state index in [0.717, 1.165) is 0 Å². The third-order valence-electron chi connectivity index (χ3n) is 3.62. The van der Waals surface area contributed by atoms with Crippen LogP contribution >= 0.6 is 0 Å². The molecule has 3 rings (SSSR count). The molecule has 0 fully saturated rings. The third kappa shape index (κ3) is 2.87. The molecule has 0 aliphatic carbocycles. The van der Waals surface area contributed by atoms with Crippen molar-refractivity contribution in [3.8, 4) is 0 Å². The second-order valence-electron chi connectivity index (χ2n) is 5.27. The summed E-state index contributed by atoms with van der Waals surface area (Å²) < 4.78 is 0. The van der Waals surface area contributed by atoms with Crippen molar-refractivity contribution >= 4 is 34.0 Å². The van der Waals surface area contributed by atoms with Gasteiger partial charge in [0.1, 0.15) is 11.2 Å². The Labute approximate surface area is 136 Å². The van der Waals surface area contributed by atoms with Crippen LogP contribution < -0.4 is 5.32 Å². The fourth-order valence-electron chi connectivity index (χ4n) is 2.40. The number of anilines is 1. The number of carbonyl (C=O) groups is 2. The van der Waals surface area contributed by atoms with E-state index in [-0.39, 0.29) is 17.2 Å². The van der Waals surface area contributed by atoms with Crippen LogP contribution in [-0.2, 0) is 0 Å². The summed E-state index contributed by atoms with van der Waals surface area (Å²) in [6.45, 7) is 1.46. The molecule has 0 saturated heterocycles. The van der Waals surface area contributed by atoms with E-state index in [9.17, 15) is 19.7 Å². The molecular weight excluding hydrogens is 310 g/mol. The van der Waals surface area contributed by atoms with Gasteiger partial charge in [-0.2, -0.15) is 0 Å². The highest BCUT2D eigenvalue weighted by molar-refractivity contribution is 6.07. The number of fused-ring (bicyclic) bond motifs is 1. The number of hydrogen-bond acceptors (Lipinski definition) is 4. The first-order chi connectivity index (χ1) is 11.5. The van der Waals surface area contributed by atoms with Crippen molar-refractivity contribution in [2.75, 3.05) is 5.32 Å². The summed E-state index contributed by atoms with van der Waals surface area (Å²) in [4.78, 5) is 36.9. The lowest BCUT2D eigenvalue weighted by Crippen LogP contribution is -2.12. The van der Waals surface area contributed by atoms with E-state index >= 15 is 0 Å². The number of aromatic nitrogens is 1. The Hall–Kier alpha value is -3.48. The molecule has 0 saturated carbocycles. The minimum Gasteiger partial charge on any atom is -0.345 e. The molecule has 0 aliphatic heterocycles. The Bertz CT molecular complexity index is 958. The van der Waals surface area contributed by atoms with Crippen LogP contribution in [0.4, 0.5) is 11.4 Å². The summed E-state index contributed by atoms with van der Waals surface area (Å²) in [7, 11) is 0. The number of rotatable bonds is 4. The number of hydrogen-bond donors (Lipinski definition) is 2. The highest BCUT2D eigenvalue weighted by atomic mass is 16.6. The molecule has 1 aromatic heterocycles. The quantitative estimate of drug-likeness (QED) is 0.435. The maximum atomic E-state index is 12.3.